The summed E-state index contributed by atoms with van der Waals surface area (Å²) < 4.78 is 0. The Morgan fingerprint density at radius 2 is 1.29 bits per heavy atom. The monoisotopic (exact) mass is 653 g/mol. The minimum atomic E-state index is 0.777. The Balaban J connectivity index is 1.08. The zero-order valence-electron chi connectivity index (χ0n) is 30.6. The first kappa shape index (κ1) is 30.8. The summed E-state index contributed by atoms with van der Waals surface area (Å²) in [5, 5.41) is 0. The molecule has 0 bridgehead atoms. The maximum atomic E-state index is 2.79. The molecule has 11 rings (SSSR count). The first-order chi connectivity index (χ1) is 24.2. The summed E-state index contributed by atoms with van der Waals surface area (Å²) in [7, 11) is 0. The molecule has 10 aliphatic carbocycles. The van der Waals surface area contributed by atoms with Crippen molar-refractivity contribution in [2.45, 2.75) is 96.8 Å². The van der Waals surface area contributed by atoms with E-state index in [-0.39, 0.29) is 0 Å². The molecule has 0 N–H and O–H groups in total. The molecule has 7 saturated carbocycles. The second-order valence-electron chi connectivity index (χ2n) is 20.2. The van der Waals surface area contributed by atoms with E-state index in [2.05, 4.69) is 92.8 Å². The van der Waals surface area contributed by atoms with Gasteiger partial charge in [0.15, 0.2) is 0 Å². The highest BCUT2D eigenvalue weighted by Crippen LogP contribution is 2.76. The van der Waals surface area contributed by atoms with E-state index in [1.54, 1.807) is 24.8 Å². The molecule has 0 aliphatic heterocycles. The first-order valence-corrected chi connectivity index (χ1v) is 21.9. The molecule has 49 heavy (non-hydrogen) atoms. The van der Waals surface area contributed by atoms with Crippen molar-refractivity contribution >= 4 is 0 Å². The lowest BCUT2D eigenvalue weighted by Gasteiger charge is -2.62. The third-order valence-corrected chi connectivity index (χ3v) is 18.7. The number of rotatable bonds is 3. The maximum Gasteiger partial charge on any atom is -0.00942 e. The highest BCUT2D eigenvalue weighted by molar-refractivity contribution is 5.30. The summed E-state index contributed by atoms with van der Waals surface area (Å²) in [5.74, 6) is 19.5. The molecule has 0 radical (unpaired) electrons. The van der Waals surface area contributed by atoms with Gasteiger partial charge in [0.25, 0.3) is 0 Å². The van der Waals surface area contributed by atoms with E-state index in [4.69, 9.17) is 0 Å². The van der Waals surface area contributed by atoms with Crippen molar-refractivity contribution in [1.29, 1.82) is 0 Å². The van der Waals surface area contributed by atoms with Crippen molar-refractivity contribution in [1.82, 2.24) is 0 Å². The number of allylic oxidation sites excluding steroid dienone is 8. The second-order valence-corrected chi connectivity index (χ2v) is 20.2. The van der Waals surface area contributed by atoms with E-state index in [1.807, 2.05) is 0 Å². The summed E-state index contributed by atoms with van der Waals surface area (Å²) in [5.41, 5.74) is 1.78. The zero-order chi connectivity index (χ0) is 32.4. The summed E-state index contributed by atoms with van der Waals surface area (Å²) in [6.07, 6.45) is 38.4. The maximum absolute atomic E-state index is 2.79. The largest absolute Gasteiger partial charge is 0.0882 e. The highest BCUT2D eigenvalue weighted by Gasteiger charge is 2.70. The molecule has 0 heterocycles. The zero-order valence-corrected chi connectivity index (χ0v) is 30.6. The fourth-order valence-corrected chi connectivity index (χ4v) is 18.0. The molecule has 20 unspecified atom stereocenters. The molecule has 0 heteroatoms. The van der Waals surface area contributed by atoms with Gasteiger partial charge >= 0.3 is 0 Å². The average molecular weight is 653 g/mol. The first-order valence-electron chi connectivity index (χ1n) is 21.9. The Hall–Kier alpha value is -1.82. The number of hydrogen-bond donors (Lipinski definition) is 0. The fraction of sp³-hybridized carbons (Fsp3) is 0.714. The molecule has 0 amide bonds. The Morgan fingerprint density at radius 3 is 2.12 bits per heavy atom. The SMILES string of the molecule is CC(C)C1C2CC3C4CCC=CC4C4CCCC(C43)C2C(c2ccccc2)C2C3CC4CCC=CC4C4CC(C5C=CC=CC5)CC(C43)C12. The van der Waals surface area contributed by atoms with Crippen molar-refractivity contribution < 1.29 is 0 Å². The van der Waals surface area contributed by atoms with Gasteiger partial charge in [-0.3, -0.25) is 0 Å². The van der Waals surface area contributed by atoms with Crippen molar-refractivity contribution in [2.75, 3.05) is 0 Å². The molecule has 10 aliphatic rings. The Morgan fingerprint density at radius 1 is 0.531 bits per heavy atom. The molecule has 20 atom stereocenters. The lowest BCUT2D eigenvalue weighted by atomic mass is 9.42. The molecule has 0 nitrogen and oxygen atoms in total. The molecule has 0 aromatic heterocycles. The van der Waals surface area contributed by atoms with Gasteiger partial charge in [0.05, 0.1) is 0 Å². The Kier molecular flexibility index (Phi) is 7.44. The molecule has 7 fully saturated rings. The van der Waals surface area contributed by atoms with Crippen LogP contribution in [0.5, 0.6) is 0 Å². The van der Waals surface area contributed by atoms with E-state index in [1.165, 1.54) is 57.8 Å². The van der Waals surface area contributed by atoms with Crippen molar-refractivity contribution in [3.8, 4) is 0 Å². The average Bonchev–Trinajstić information content (AvgIpc) is 3.65. The summed E-state index contributed by atoms with van der Waals surface area (Å²) >= 11 is 0. The molecular weight excluding hydrogens is 589 g/mol. The van der Waals surface area contributed by atoms with Gasteiger partial charge in [-0.05, 0) is 200 Å². The molecular formula is C49H64. The van der Waals surface area contributed by atoms with E-state index < -0.39 is 0 Å². The molecule has 0 saturated heterocycles. The van der Waals surface area contributed by atoms with Crippen LogP contribution in [0.25, 0.3) is 0 Å². The van der Waals surface area contributed by atoms with Crippen molar-refractivity contribution in [3.63, 3.8) is 0 Å². The van der Waals surface area contributed by atoms with Gasteiger partial charge in [-0.1, -0.05) is 99.2 Å². The predicted molar refractivity (Wildman–Crippen MR) is 202 cm³/mol. The van der Waals surface area contributed by atoms with Crippen LogP contribution in [0.1, 0.15) is 102 Å². The predicted octanol–water partition coefficient (Wildman–Crippen LogP) is 12.2. The van der Waals surface area contributed by atoms with Crippen LogP contribution in [0.2, 0.25) is 0 Å². The van der Waals surface area contributed by atoms with Crippen LogP contribution in [0.15, 0.2) is 78.9 Å². The van der Waals surface area contributed by atoms with Gasteiger partial charge in [0.1, 0.15) is 0 Å². The van der Waals surface area contributed by atoms with Gasteiger partial charge in [-0.2, -0.15) is 0 Å². The van der Waals surface area contributed by atoms with Crippen LogP contribution in [-0.4, -0.2) is 0 Å². The third kappa shape index (κ3) is 4.46. The van der Waals surface area contributed by atoms with Gasteiger partial charge < -0.3 is 0 Å². The molecule has 0 spiro atoms. The lowest BCUT2D eigenvalue weighted by Crippen LogP contribution is -2.56. The standard InChI is InChI=1S/C49H64/c1-28(2)43-42-27-39-35-21-12-11-20-34(35)36-22-13-23-37(45(36)39)47(42)44(30-16-7-4-8-17-30)49-40-24-31-18-9-10-19-33(31)38-25-32(29-14-5-3-6-15-29)26-41(46(38)40)48(43)49/h3-8,10-11,14,16-17,19-20,28-29,31-49H,9,12-13,15,18,21-27H2,1-2H3. The van der Waals surface area contributed by atoms with Crippen LogP contribution in [0.3, 0.4) is 0 Å². The Labute approximate surface area is 298 Å². The quantitative estimate of drug-likeness (QED) is 0.285. The molecule has 1 aromatic rings. The smallest absolute Gasteiger partial charge is 0.00942 e. The minimum absolute atomic E-state index is 0.777. The summed E-state index contributed by atoms with van der Waals surface area (Å²) in [6, 6.07) is 12.5. The molecule has 260 valence electrons. The summed E-state index contributed by atoms with van der Waals surface area (Å²) in [6.45, 7) is 5.43. The second kappa shape index (κ2) is 11.9. The van der Waals surface area contributed by atoms with Crippen LogP contribution in [0, 0.1) is 118 Å². The number of fused-ring (bicyclic) bond motifs is 10. The normalized spacial score (nSPS) is 54.4. The van der Waals surface area contributed by atoms with Crippen LogP contribution >= 0.6 is 0 Å². The van der Waals surface area contributed by atoms with Gasteiger partial charge in [0, 0.05) is 0 Å². The number of hydrogen-bond acceptors (Lipinski definition) is 0. The lowest BCUT2D eigenvalue weighted by molar-refractivity contribution is -0.119. The van der Waals surface area contributed by atoms with E-state index >= 15 is 0 Å². The van der Waals surface area contributed by atoms with Gasteiger partial charge in [-0.15, -0.1) is 0 Å². The van der Waals surface area contributed by atoms with Gasteiger partial charge in [-0.25, -0.2) is 0 Å². The highest BCUT2D eigenvalue weighted by atomic mass is 14.7. The Bertz CT molecular complexity index is 1510. The van der Waals surface area contributed by atoms with Gasteiger partial charge in [0.2, 0.25) is 0 Å². The van der Waals surface area contributed by atoms with Crippen molar-refractivity contribution in [2.24, 2.45) is 118 Å². The fourth-order valence-electron chi connectivity index (χ4n) is 18.0. The van der Waals surface area contributed by atoms with E-state index in [9.17, 15) is 0 Å². The number of benzene rings is 1. The summed E-state index contributed by atoms with van der Waals surface area (Å²) in [4.78, 5) is 0. The van der Waals surface area contributed by atoms with Crippen LogP contribution in [-0.2, 0) is 0 Å². The molecule has 1 aromatic carbocycles. The minimum Gasteiger partial charge on any atom is -0.0882 e. The van der Waals surface area contributed by atoms with Crippen LogP contribution < -0.4 is 0 Å². The van der Waals surface area contributed by atoms with Crippen molar-refractivity contribution in [3.05, 3.63) is 84.5 Å². The van der Waals surface area contributed by atoms with E-state index in [0.717, 1.165) is 124 Å². The van der Waals surface area contributed by atoms with Crippen LogP contribution in [0.4, 0.5) is 0 Å². The third-order valence-electron chi connectivity index (χ3n) is 18.7. The van der Waals surface area contributed by atoms with E-state index in [0.29, 0.717) is 0 Å². The topological polar surface area (TPSA) is 0 Å².